The van der Waals surface area contributed by atoms with Gasteiger partial charge in [-0.3, -0.25) is 4.79 Å². The fourth-order valence-corrected chi connectivity index (χ4v) is 3.11. The first-order chi connectivity index (χ1) is 10.7. The van der Waals surface area contributed by atoms with Gasteiger partial charge in [-0.15, -0.1) is 0 Å². The number of benzene rings is 1. The third-order valence-corrected chi connectivity index (χ3v) is 4.76. The number of amides is 1. The molecule has 1 aliphatic carbocycles. The van der Waals surface area contributed by atoms with Crippen LogP contribution in [0.5, 0.6) is 0 Å². The molecule has 1 aromatic rings. The Kier molecular flexibility index (Phi) is 6.91. The van der Waals surface area contributed by atoms with Crippen LogP contribution in [0.1, 0.15) is 49.7 Å². The highest BCUT2D eigenvalue weighted by atomic mass is 16.5. The number of rotatable bonds is 2. The molecular formula is C19H29NO2. The first-order valence-electron chi connectivity index (χ1n) is 8.52. The molecule has 1 aromatic carbocycles. The van der Waals surface area contributed by atoms with Crippen LogP contribution < -0.4 is 0 Å². The van der Waals surface area contributed by atoms with Gasteiger partial charge in [0.1, 0.15) is 0 Å². The lowest BCUT2D eigenvalue weighted by molar-refractivity contribution is -0.121. The van der Waals surface area contributed by atoms with Crippen molar-refractivity contribution in [1.82, 2.24) is 4.90 Å². The van der Waals surface area contributed by atoms with E-state index < -0.39 is 0 Å². The minimum Gasteiger partial charge on any atom is -0.378 e. The van der Waals surface area contributed by atoms with Crippen LogP contribution in [0.25, 0.3) is 0 Å². The number of hydrogen-bond acceptors (Lipinski definition) is 2. The summed E-state index contributed by atoms with van der Waals surface area (Å²) in [7, 11) is 0. The van der Waals surface area contributed by atoms with E-state index in [1.807, 2.05) is 0 Å². The Morgan fingerprint density at radius 3 is 2.14 bits per heavy atom. The molecule has 0 aromatic heterocycles. The summed E-state index contributed by atoms with van der Waals surface area (Å²) in [6.07, 6.45) is 6.48. The normalized spacial score (nSPS) is 25.1. The summed E-state index contributed by atoms with van der Waals surface area (Å²) in [6.45, 7) is 7.43. The van der Waals surface area contributed by atoms with Gasteiger partial charge >= 0.3 is 0 Å². The Morgan fingerprint density at radius 1 is 1.05 bits per heavy atom. The van der Waals surface area contributed by atoms with E-state index in [9.17, 15) is 4.79 Å². The van der Waals surface area contributed by atoms with E-state index in [0.29, 0.717) is 13.2 Å². The van der Waals surface area contributed by atoms with Crippen LogP contribution >= 0.6 is 0 Å². The van der Waals surface area contributed by atoms with Crippen molar-refractivity contribution in [3.05, 3.63) is 35.4 Å². The molecular weight excluding hydrogens is 274 g/mol. The van der Waals surface area contributed by atoms with Crippen molar-refractivity contribution < 1.29 is 9.53 Å². The van der Waals surface area contributed by atoms with E-state index >= 15 is 0 Å². The fourth-order valence-electron chi connectivity index (χ4n) is 3.11. The summed E-state index contributed by atoms with van der Waals surface area (Å²) >= 11 is 0. The Morgan fingerprint density at radius 2 is 1.64 bits per heavy atom. The molecule has 3 nitrogen and oxygen atoms in total. The number of morpholine rings is 1. The number of ether oxygens (including phenoxy) is 1. The van der Waals surface area contributed by atoms with Crippen LogP contribution in [0.15, 0.2) is 24.3 Å². The lowest BCUT2D eigenvalue weighted by Gasteiger charge is -2.26. The van der Waals surface area contributed by atoms with Gasteiger partial charge in [0.25, 0.3) is 0 Å². The van der Waals surface area contributed by atoms with Crippen LogP contribution in [0.3, 0.4) is 0 Å². The molecule has 0 unspecified atom stereocenters. The van der Waals surface area contributed by atoms with Gasteiger partial charge in [0.15, 0.2) is 0 Å². The highest BCUT2D eigenvalue weighted by molar-refractivity contribution is 5.46. The molecule has 0 radical (unpaired) electrons. The maximum absolute atomic E-state index is 10.0. The molecule has 0 bridgehead atoms. The third kappa shape index (κ3) is 5.45. The summed E-state index contributed by atoms with van der Waals surface area (Å²) in [6, 6.07) is 9.12. The molecule has 122 valence electrons. The number of nitrogens with zero attached hydrogens (tertiary/aromatic N) is 1. The summed E-state index contributed by atoms with van der Waals surface area (Å²) in [5, 5.41) is 0. The highest BCUT2D eigenvalue weighted by Gasteiger charge is 2.19. The second-order valence-electron chi connectivity index (χ2n) is 6.62. The first-order valence-corrected chi connectivity index (χ1v) is 8.52. The largest absolute Gasteiger partial charge is 0.378 e. The zero-order chi connectivity index (χ0) is 15.8. The monoisotopic (exact) mass is 303 g/mol. The lowest BCUT2D eigenvalue weighted by atomic mass is 9.79. The van der Waals surface area contributed by atoms with E-state index in [0.717, 1.165) is 31.3 Å². The molecule has 1 amide bonds. The SMILES string of the molecule is Cc1ccc(C2CCC(C)CC2)cc1.O=CN1CCOCC1. The van der Waals surface area contributed by atoms with Gasteiger partial charge in [-0.25, -0.2) is 0 Å². The molecule has 0 atom stereocenters. The standard InChI is InChI=1S/C14H20.C5H9NO2/c1-11-3-7-13(8-4-11)14-9-5-12(2)6-10-14;7-5-6-1-3-8-4-2-6/h3-4,7-8,12,14H,5-6,9-10H2,1-2H3;5H,1-4H2. The number of hydrogen-bond donors (Lipinski definition) is 0. The van der Waals surface area contributed by atoms with Gasteiger partial charge in [0.2, 0.25) is 6.41 Å². The van der Waals surface area contributed by atoms with E-state index in [1.165, 1.54) is 31.2 Å². The van der Waals surface area contributed by atoms with Gasteiger partial charge < -0.3 is 9.64 Å². The van der Waals surface area contributed by atoms with E-state index in [-0.39, 0.29) is 0 Å². The topological polar surface area (TPSA) is 29.5 Å². The summed E-state index contributed by atoms with van der Waals surface area (Å²) in [4.78, 5) is 11.7. The predicted molar refractivity (Wildman–Crippen MR) is 90.0 cm³/mol. The Hall–Kier alpha value is -1.35. The van der Waals surface area contributed by atoms with Crippen LogP contribution in [0, 0.1) is 12.8 Å². The second kappa shape index (κ2) is 8.94. The van der Waals surface area contributed by atoms with Crippen molar-refractivity contribution in [2.24, 2.45) is 5.92 Å². The zero-order valence-corrected chi connectivity index (χ0v) is 14.0. The zero-order valence-electron chi connectivity index (χ0n) is 14.0. The minimum absolute atomic E-state index is 0.693. The molecule has 3 rings (SSSR count). The van der Waals surface area contributed by atoms with Crippen molar-refractivity contribution >= 4 is 6.41 Å². The van der Waals surface area contributed by atoms with E-state index in [1.54, 1.807) is 10.5 Å². The molecule has 1 saturated heterocycles. The molecule has 0 spiro atoms. The van der Waals surface area contributed by atoms with Crippen molar-refractivity contribution in [3.8, 4) is 0 Å². The second-order valence-corrected chi connectivity index (χ2v) is 6.62. The quantitative estimate of drug-likeness (QED) is 0.779. The van der Waals surface area contributed by atoms with E-state index in [2.05, 4.69) is 38.1 Å². The Bertz CT molecular complexity index is 429. The first kappa shape index (κ1) is 17.0. The third-order valence-electron chi connectivity index (χ3n) is 4.76. The van der Waals surface area contributed by atoms with E-state index in [4.69, 9.17) is 4.74 Å². The smallest absolute Gasteiger partial charge is 0.209 e. The lowest BCUT2D eigenvalue weighted by Crippen LogP contribution is -2.34. The fraction of sp³-hybridized carbons (Fsp3) is 0.632. The van der Waals surface area contributed by atoms with Crippen LogP contribution in [0.4, 0.5) is 0 Å². The number of carbonyl (C=O) groups is 1. The van der Waals surface area contributed by atoms with Crippen LogP contribution in [-0.2, 0) is 9.53 Å². The molecule has 0 N–H and O–H groups in total. The maximum atomic E-state index is 10.0. The average Bonchev–Trinajstić information content (AvgIpc) is 2.58. The van der Waals surface area contributed by atoms with Crippen molar-refractivity contribution in [3.63, 3.8) is 0 Å². The molecule has 1 heterocycles. The van der Waals surface area contributed by atoms with Gasteiger partial charge in [0.05, 0.1) is 13.2 Å². The average molecular weight is 303 g/mol. The molecule has 1 saturated carbocycles. The predicted octanol–water partition coefficient (Wildman–Crippen LogP) is 3.76. The Labute approximate surface area is 134 Å². The van der Waals surface area contributed by atoms with Crippen molar-refractivity contribution in [2.75, 3.05) is 26.3 Å². The summed E-state index contributed by atoms with van der Waals surface area (Å²) < 4.78 is 5.00. The van der Waals surface area contributed by atoms with Crippen molar-refractivity contribution in [1.29, 1.82) is 0 Å². The number of carbonyl (C=O) groups excluding carboxylic acids is 1. The van der Waals surface area contributed by atoms with Gasteiger partial charge in [-0.05, 0) is 37.2 Å². The molecule has 3 heteroatoms. The molecule has 22 heavy (non-hydrogen) atoms. The number of aryl methyl sites for hydroxylation is 1. The summed E-state index contributed by atoms with van der Waals surface area (Å²) in [5.41, 5.74) is 2.93. The molecule has 2 fully saturated rings. The maximum Gasteiger partial charge on any atom is 0.209 e. The van der Waals surface area contributed by atoms with Gasteiger partial charge in [-0.2, -0.15) is 0 Å². The van der Waals surface area contributed by atoms with Crippen LogP contribution in [0.2, 0.25) is 0 Å². The molecule has 2 aliphatic rings. The van der Waals surface area contributed by atoms with Crippen LogP contribution in [-0.4, -0.2) is 37.6 Å². The van der Waals surface area contributed by atoms with Crippen molar-refractivity contribution in [2.45, 2.75) is 45.4 Å². The minimum atomic E-state index is 0.693. The highest BCUT2D eigenvalue weighted by Crippen LogP contribution is 2.35. The Balaban J connectivity index is 0.000000188. The summed E-state index contributed by atoms with van der Waals surface area (Å²) in [5.74, 6) is 1.79. The van der Waals surface area contributed by atoms with Gasteiger partial charge in [0, 0.05) is 13.1 Å². The molecule has 1 aliphatic heterocycles. The van der Waals surface area contributed by atoms with Gasteiger partial charge in [-0.1, -0.05) is 49.6 Å².